The third-order valence-electron chi connectivity index (χ3n) is 3.83. The maximum absolute atomic E-state index is 12.5. The van der Waals surface area contributed by atoms with Crippen LogP contribution >= 0.6 is 11.3 Å². The minimum absolute atomic E-state index is 0.0493. The van der Waals surface area contributed by atoms with Crippen LogP contribution in [0.3, 0.4) is 0 Å². The van der Waals surface area contributed by atoms with Gasteiger partial charge in [0.15, 0.2) is 0 Å². The third kappa shape index (κ3) is 4.23. The van der Waals surface area contributed by atoms with Crippen molar-refractivity contribution in [2.45, 2.75) is 11.8 Å². The standard InChI is InChI=1S/C19H15N3O3S2/c1-13-2-6-15(7-3-13)17-10-11-26-18(17)19(23)21-22-27(24,25)16-8-4-14(12-20)5-9-16/h2-11,22H,1H3,(H,21,23). The Morgan fingerprint density at radius 1 is 1.04 bits per heavy atom. The molecule has 0 saturated heterocycles. The molecule has 1 heterocycles. The molecule has 0 spiro atoms. The lowest BCUT2D eigenvalue weighted by atomic mass is 10.1. The normalized spacial score (nSPS) is 11.0. The van der Waals surface area contributed by atoms with Gasteiger partial charge in [0.25, 0.3) is 15.9 Å². The van der Waals surface area contributed by atoms with Crippen LogP contribution in [-0.2, 0) is 10.0 Å². The van der Waals surface area contributed by atoms with Gasteiger partial charge in [-0.15, -0.1) is 16.2 Å². The summed E-state index contributed by atoms with van der Waals surface area (Å²) in [5.41, 5.74) is 5.30. The fourth-order valence-electron chi connectivity index (χ4n) is 2.38. The van der Waals surface area contributed by atoms with E-state index in [0.29, 0.717) is 10.4 Å². The van der Waals surface area contributed by atoms with E-state index in [0.717, 1.165) is 16.7 Å². The zero-order valence-electron chi connectivity index (χ0n) is 14.3. The van der Waals surface area contributed by atoms with Gasteiger partial charge < -0.3 is 0 Å². The van der Waals surface area contributed by atoms with E-state index in [1.807, 2.05) is 43.3 Å². The molecule has 8 heteroatoms. The molecule has 0 radical (unpaired) electrons. The Kier molecular flexibility index (Phi) is 5.37. The van der Waals surface area contributed by atoms with Crippen LogP contribution in [0.15, 0.2) is 64.9 Å². The van der Waals surface area contributed by atoms with Crippen molar-refractivity contribution in [3.05, 3.63) is 76.0 Å². The number of carbonyl (C=O) groups is 1. The Bertz CT molecular complexity index is 1110. The molecule has 3 rings (SSSR count). The summed E-state index contributed by atoms with van der Waals surface area (Å²) in [4.78, 5) is 14.9. The van der Waals surface area contributed by atoms with Crippen molar-refractivity contribution in [3.8, 4) is 17.2 Å². The summed E-state index contributed by atoms with van der Waals surface area (Å²) in [5.74, 6) is -0.544. The highest BCUT2D eigenvalue weighted by atomic mass is 32.2. The van der Waals surface area contributed by atoms with Gasteiger partial charge in [0, 0.05) is 5.56 Å². The minimum Gasteiger partial charge on any atom is -0.273 e. The van der Waals surface area contributed by atoms with Gasteiger partial charge in [0.2, 0.25) is 0 Å². The molecular weight excluding hydrogens is 382 g/mol. The van der Waals surface area contributed by atoms with E-state index >= 15 is 0 Å². The second-order valence-electron chi connectivity index (χ2n) is 5.73. The lowest BCUT2D eigenvalue weighted by molar-refractivity contribution is 0.0950. The molecule has 0 saturated carbocycles. The molecular formula is C19H15N3O3S2. The third-order valence-corrected chi connectivity index (χ3v) is 6.00. The maximum Gasteiger partial charge on any atom is 0.276 e. The fourth-order valence-corrected chi connectivity index (χ4v) is 4.03. The zero-order valence-corrected chi connectivity index (χ0v) is 15.9. The molecule has 2 aromatic carbocycles. The smallest absolute Gasteiger partial charge is 0.273 e. The van der Waals surface area contributed by atoms with Gasteiger partial charge >= 0.3 is 0 Å². The van der Waals surface area contributed by atoms with E-state index in [4.69, 9.17) is 5.26 Å². The Hall–Kier alpha value is -2.99. The van der Waals surface area contributed by atoms with Crippen LogP contribution in [0.2, 0.25) is 0 Å². The van der Waals surface area contributed by atoms with Crippen molar-refractivity contribution in [3.63, 3.8) is 0 Å². The topological polar surface area (TPSA) is 99.1 Å². The number of sulfonamides is 1. The molecule has 0 aliphatic rings. The van der Waals surface area contributed by atoms with Gasteiger partial charge in [-0.2, -0.15) is 5.26 Å². The number of hydrogen-bond acceptors (Lipinski definition) is 5. The van der Waals surface area contributed by atoms with Crippen molar-refractivity contribution < 1.29 is 13.2 Å². The monoisotopic (exact) mass is 397 g/mol. The summed E-state index contributed by atoms with van der Waals surface area (Å²) in [5, 5.41) is 10.6. The van der Waals surface area contributed by atoms with Gasteiger partial charge in [-0.1, -0.05) is 29.8 Å². The summed E-state index contributed by atoms with van der Waals surface area (Å²) < 4.78 is 24.6. The molecule has 1 aromatic heterocycles. The Morgan fingerprint density at radius 3 is 2.33 bits per heavy atom. The van der Waals surface area contributed by atoms with Crippen molar-refractivity contribution in [1.29, 1.82) is 5.26 Å². The van der Waals surface area contributed by atoms with Gasteiger partial charge in [-0.05, 0) is 48.2 Å². The second kappa shape index (κ2) is 7.72. The summed E-state index contributed by atoms with van der Waals surface area (Å²) in [6.07, 6.45) is 0. The van der Waals surface area contributed by atoms with Crippen LogP contribution in [0.4, 0.5) is 0 Å². The molecule has 0 atom stereocenters. The van der Waals surface area contributed by atoms with E-state index in [1.165, 1.54) is 35.6 Å². The van der Waals surface area contributed by atoms with E-state index < -0.39 is 15.9 Å². The van der Waals surface area contributed by atoms with Crippen molar-refractivity contribution >= 4 is 27.3 Å². The molecule has 3 aromatic rings. The van der Waals surface area contributed by atoms with Gasteiger partial charge in [-0.3, -0.25) is 10.2 Å². The fraction of sp³-hybridized carbons (Fsp3) is 0.0526. The molecule has 0 aliphatic carbocycles. The van der Waals surface area contributed by atoms with Gasteiger partial charge in [0.1, 0.15) is 4.88 Å². The highest BCUT2D eigenvalue weighted by molar-refractivity contribution is 7.89. The highest BCUT2D eigenvalue weighted by Crippen LogP contribution is 2.28. The predicted octanol–water partition coefficient (Wildman–Crippen LogP) is 3.22. The van der Waals surface area contributed by atoms with Crippen molar-refractivity contribution in [1.82, 2.24) is 10.3 Å². The summed E-state index contributed by atoms with van der Waals surface area (Å²) in [6, 6.07) is 16.8. The van der Waals surface area contributed by atoms with Crippen LogP contribution < -0.4 is 10.3 Å². The maximum atomic E-state index is 12.5. The number of hydrogen-bond donors (Lipinski definition) is 2. The number of amides is 1. The van der Waals surface area contributed by atoms with Gasteiger partial charge in [0.05, 0.1) is 16.5 Å². The predicted molar refractivity (Wildman–Crippen MR) is 103 cm³/mol. The molecule has 0 aliphatic heterocycles. The molecule has 2 N–H and O–H groups in total. The van der Waals surface area contributed by atoms with Gasteiger partial charge in [-0.25, -0.2) is 8.42 Å². The number of rotatable bonds is 5. The molecule has 0 bridgehead atoms. The zero-order chi connectivity index (χ0) is 19.4. The Labute approximate surface area is 161 Å². The average Bonchev–Trinajstić information content (AvgIpc) is 3.17. The van der Waals surface area contributed by atoms with Crippen LogP contribution in [0.1, 0.15) is 20.8 Å². The number of hydrazine groups is 1. The van der Waals surface area contributed by atoms with E-state index in [1.54, 1.807) is 5.38 Å². The number of nitriles is 1. The van der Waals surface area contributed by atoms with E-state index in [2.05, 4.69) is 10.3 Å². The molecule has 136 valence electrons. The minimum atomic E-state index is -3.94. The highest BCUT2D eigenvalue weighted by Gasteiger charge is 2.19. The Balaban J connectivity index is 1.75. The van der Waals surface area contributed by atoms with Crippen LogP contribution in [-0.4, -0.2) is 14.3 Å². The summed E-state index contributed by atoms with van der Waals surface area (Å²) in [7, 11) is -3.94. The summed E-state index contributed by atoms with van der Waals surface area (Å²) >= 11 is 1.23. The average molecular weight is 397 g/mol. The lowest BCUT2D eigenvalue weighted by Crippen LogP contribution is -2.41. The first-order valence-electron chi connectivity index (χ1n) is 7.87. The molecule has 0 unspecified atom stereocenters. The van der Waals surface area contributed by atoms with E-state index in [9.17, 15) is 13.2 Å². The number of thiophene rings is 1. The molecule has 27 heavy (non-hydrogen) atoms. The van der Waals surface area contributed by atoms with Crippen molar-refractivity contribution in [2.75, 3.05) is 0 Å². The largest absolute Gasteiger partial charge is 0.276 e. The number of aryl methyl sites for hydroxylation is 1. The summed E-state index contributed by atoms with van der Waals surface area (Å²) in [6.45, 7) is 1.98. The first-order valence-corrected chi connectivity index (χ1v) is 10.2. The number of benzene rings is 2. The molecule has 6 nitrogen and oxygen atoms in total. The lowest BCUT2D eigenvalue weighted by Gasteiger charge is -2.09. The first kappa shape index (κ1) is 18.8. The quantitative estimate of drug-likeness (QED) is 0.646. The Morgan fingerprint density at radius 2 is 1.70 bits per heavy atom. The number of nitrogens with one attached hydrogen (secondary N) is 2. The second-order valence-corrected chi connectivity index (χ2v) is 8.32. The first-order chi connectivity index (χ1) is 12.9. The van der Waals surface area contributed by atoms with Crippen LogP contribution in [0.25, 0.3) is 11.1 Å². The number of carbonyl (C=O) groups excluding carboxylic acids is 1. The SMILES string of the molecule is Cc1ccc(-c2ccsc2C(=O)NNS(=O)(=O)c2ccc(C#N)cc2)cc1. The number of nitrogens with zero attached hydrogens (tertiary/aromatic N) is 1. The van der Waals surface area contributed by atoms with Crippen molar-refractivity contribution in [2.24, 2.45) is 0 Å². The van der Waals surface area contributed by atoms with E-state index in [-0.39, 0.29) is 4.90 Å². The van der Waals surface area contributed by atoms with Crippen LogP contribution in [0.5, 0.6) is 0 Å². The molecule has 0 fully saturated rings. The molecule has 1 amide bonds. The van der Waals surface area contributed by atoms with Crippen LogP contribution in [0, 0.1) is 18.3 Å².